The molecule has 218 valence electrons. The number of hydrogen-bond donors (Lipinski definition) is 0. The van der Waals surface area contributed by atoms with Gasteiger partial charge in [-0.15, -0.1) is 0 Å². The van der Waals surface area contributed by atoms with Crippen molar-refractivity contribution in [1.82, 2.24) is 9.80 Å². The summed E-state index contributed by atoms with van der Waals surface area (Å²) in [6.45, 7) is 14.5. The summed E-state index contributed by atoms with van der Waals surface area (Å²) in [4.78, 5) is 41.6. The highest BCUT2D eigenvalue weighted by molar-refractivity contribution is 6.04. The zero-order chi connectivity index (χ0) is 28.9. The first kappa shape index (κ1) is 30.7. The lowest BCUT2D eigenvalue weighted by Gasteiger charge is -2.46. The lowest BCUT2D eigenvalue weighted by molar-refractivity contribution is -0.0137. The van der Waals surface area contributed by atoms with Crippen LogP contribution in [0.1, 0.15) is 93.5 Å². The van der Waals surface area contributed by atoms with Crippen molar-refractivity contribution >= 4 is 18.0 Å². The smallest absolute Gasteiger partial charge is 0.410 e. The summed E-state index contributed by atoms with van der Waals surface area (Å²) in [6, 6.07) is 4.14. The number of piperidine rings is 1. The largest absolute Gasteiger partial charge is 0.490 e. The van der Waals surface area contributed by atoms with Gasteiger partial charge in [0.05, 0.1) is 25.3 Å². The highest BCUT2D eigenvalue weighted by Gasteiger charge is 2.38. The van der Waals surface area contributed by atoms with Crippen LogP contribution in [0.5, 0.6) is 5.75 Å². The van der Waals surface area contributed by atoms with Gasteiger partial charge in [0.25, 0.3) is 0 Å². The van der Waals surface area contributed by atoms with Crippen molar-refractivity contribution in [2.45, 2.75) is 97.4 Å². The van der Waals surface area contributed by atoms with Gasteiger partial charge in [0.15, 0.2) is 0 Å². The fourth-order valence-corrected chi connectivity index (χ4v) is 5.49. The second-order valence-corrected chi connectivity index (χ2v) is 11.9. The summed E-state index contributed by atoms with van der Waals surface area (Å²) in [6.07, 6.45) is 4.05. The average molecular weight is 547 g/mol. The second-order valence-electron chi connectivity index (χ2n) is 11.9. The summed E-state index contributed by atoms with van der Waals surface area (Å²) >= 11 is 0. The molecule has 0 atom stereocenters. The molecule has 1 saturated carbocycles. The number of likely N-dealkylation sites (tertiary alicyclic amines) is 1. The molecule has 0 spiro atoms. The highest BCUT2D eigenvalue weighted by atomic mass is 16.6. The molecule has 1 aliphatic heterocycles. The van der Waals surface area contributed by atoms with E-state index in [-0.39, 0.29) is 23.3 Å². The zero-order valence-corrected chi connectivity index (χ0v) is 24.9. The quantitative estimate of drug-likeness (QED) is 0.312. The Morgan fingerprint density at radius 2 is 1.64 bits per heavy atom. The molecule has 1 aliphatic carbocycles. The van der Waals surface area contributed by atoms with E-state index in [0.29, 0.717) is 35.7 Å². The molecule has 0 unspecified atom stereocenters. The normalized spacial score (nSPS) is 20.0. The van der Waals surface area contributed by atoms with Crippen LogP contribution in [0.2, 0.25) is 0 Å². The van der Waals surface area contributed by atoms with Crippen LogP contribution in [-0.4, -0.2) is 85.5 Å². The Balaban J connectivity index is 1.60. The minimum Gasteiger partial charge on any atom is -0.490 e. The molecule has 0 N–H and O–H groups in total. The fourth-order valence-electron chi connectivity index (χ4n) is 5.49. The van der Waals surface area contributed by atoms with E-state index in [1.54, 1.807) is 12.1 Å². The molecule has 0 bridgehead atoms. The number of rotatable bonds is 9. The monoisotopic (exact) mass is 546 g/mol. The third kappa shape index (κ3) is 7.65. The lowest BCUT2D eigenvalue weighted by Crippen LogP contribution is -2.54. The maximum atomic E-state index is 12.6. The van der Waals surface area contributed by atoms with E-state index in [9.17, 15) is 14.4 Å². The topological polar surface area (TPSA) is 94.6 Å². The minimum atomic E-state index is -0.579. The van der Waals surface area contributed by atoms with Crippen LogP contribution in [0.15, 0.2) is 12.1 Å². The van der Waals surface area contributed by atoms with Gasteiger partial charge in [-0.3, -0.25) is 4.90 Å². The molecule has 9 heteroatoms. The Morgan fingerprint density at radius 1 is 1.03 bits per heavy atom. The predicted molar refractivity (Wildman–Crippen MR) is 148 cm³/mol. The van der Waals surface area contributed by atoms with Crippen LogP contribution in [0, 0.1) is 5.92 Å². The molecular formula is C30H46N2O7. The fraction of sp³-hybridized carbons (Fsp3) is 0.700. The highest BCUT2D eigenvalue weighted by Crippen LogP contribution is 2.36. The van der Waals surface area contributed by atoms with Crippen LogP contribution in [0.4, 0.5) is 4.79 Å². The lowest BCUT2D eigenvalue weighted by atomic mass is 9.85. The molecule has 39 heavy (non-hydrogen) atoms. The van der Waals surface area contributed by atoms with Gasteiger partial charge >= 0.3 is 18.0 Å². The molecule has 3 rings (SSSR count). The van der Waals surface area contributed by atoms with Gasteiger partial charge in [-0.2, -0.15) is 0 Å². The number of esters is 2. The first-order valence-corrected chi connectivity index (χ1v) is 14.1. The van der Waals surface area contributed by atoms with Gasteiger partial charge < -0.3 is 23.8 Å². The second kappa shape index (κ2) is 13.0. The number of ether oxygens (including phenoxy) is 4. The Bertz CT molecular complexity index is 1020. The van der Waals surface area contributed by atoms with Gasteiger partial charge in [-0.05, 0) is 71.9 Å². The van der Waals surface area contributed by atoms with Crippen molar-refractivity contribution in [3.8, 4) is 5.75 Å². The first-order chi connectivity index (χ1) is 18.4. The third-order valence-corrected chi connectivity index (χ3v) is 7.65. The summed E-state index contributed by atoms with van der Waals surface area (Å²) in [5.41, 5.74) is 0.573. The van der Waals surface area contributed by atoms with Gasteiger partial charge in [-0.1, -0.05) is 6.92 Å². The Labute approximate surface area is 233 Å². The number of carbonyl (C=O) groups excluding carboxylic acids is 3. The summed E-state index contributed by atoms with van der Waals surface area (Å²) < 4.78 is 21.7. The van der Waals surface area contributed by atoms with Gasteiger partial charge in [0, 0.05) is 50.1 Å². The number of benzene rings is 1. The molecule has 1 saturated heterocycles. The Kier molecular flexibility index (Phi) is 10.3. The molecule has 9 nitrogen and oxygen atoms in total. The molecule has 2 fully saturated rings. The number of methoxy groups -OCH3 is 2. The third-order valence-electron chi connectivity index (χ3n) is 7.65. The van der Waals surface area contributed by atoms with Crippen molar-refractivity contribution in [2.24, 2.45) is 5.92 Å². The molecule has 1 heterocycles. The van der Waals surface area contributed by atoms with E-state index < -0.39 is 17.5 Å². The molecule has 1 amide bonds. The van der Waals surface area contributed by atoms with Crippen molar-refractivity contribution in [3.05, 3.63) is 28.8 Å². The predicted octanol–water partition coefficient (Wildman–Crippen LogP) is 5.09. The van der Waals surface area contributed by atoms with E-state index in [2.05, 4.69) is 18.7 Å². The van der Waals surface area contributed by atoms with E-state index in [0.717, 1.165) is 45.3 Å². The van der Waals surface area contributed by atoms with Crippen LogP contribution in [0.25, 0.3) is 0 Å². The van der Waals surface area contributed by atoms with E-state index >= 15 is 0 Å². The van der Waals surface area contributed by atoms with Crippen molar-refractivity contribution < 1.29 is 33.3 Å². The average Bonchev–Trinajstić information content (AvgIpc) is 2.87. The summed E-state index contributed by atoms with van der Waals surface area (Å²) in [7, 11) is 2.59. The van der Waals surface area contributed by atoms with Crippen LogP contribution in [-0.2, 0) is 20.6 Å². The Morgan fingerprint density at radius 3 is 2.15 bits per heavy atom. The number of hydrogen-bond acceptors (Lipinski definition) is 8. The van der Waals surface area contributed by atoms with Gasteiger partial charge in [0.2, 0.25) is 0 Å². The van der Waals surface area contributed by atoms with Crippen LogP contribution in [0.3, 0.4) is 0 Å². The number of carbonyl (C=O) groups is 3. The van der Waals surface area contributed by atoms with Crippen molar-refractivity contribution in [1.29, 1.82) is 0 Å². The van der Waals surface area contributed by atoms with E-state index in [1.807, 2.05) is 32.6 Å². The Hall–Kier alpha value is -2.81. The maximum Gasteiger partial charge on any atom is 0.410 e. The molecule has 2 aliphatic rings. The van der Waals surface area contributed by atoms with Crippen molar-refractivity contribution in [2.75, 3.05) is 33.9 Å². The number of amides is 1. The molecular weight excluding hydrogens is 500 g/mol. The molecule has 1 aromatic carbocycles. The summed E-state index contributed by atoms with van der Waals surface area (Å²) in [5.74, 6) is -0.0106. The SMILES string of the molecule is CCc1c(OC2CC(N(CC3CCN(C(=O)OC(C)(C)C)CC3)C(C)C)C2)ccc(C(=O)OC)c1C(=O)OC. The van der Waals surface area contributed by atoms with E-state index in [4.69, 9.17) is 18.9 Å². The van der Waals surface area contributed by atoms with Crippen LogP contribution < -0.4 is 4.74 Å². The number of nitrogens with zero attached hydrogens (tertiary/aromatic N) is 2. The van der Waals surface area contributed by atoms with Gasteiger partial charge in [0.1, 0.15) is 17.5 Å². The minimum absolute atomic E-state index is 0.0324. The van der Waals surface area contributed by atoms with E-state index in [1.165, 1.54) is 14.2 Å². The van der Waals surface area contributed by atoms with Crippen molar-refractivity contribution in [3.63, 3.8) is 0 Å². The maximum absolute atomic E-state index is 12.6. The molecule has 0 aromatic heterocycles. The molecule has 0 radical (unpaired) electrons. The zero-order valence-electron chi connectivity index (χ0n) is 24.9. The summed E-state index contributed by atoms with van der Waals surface area (Å²) in [5, 5.41) is 0. The molecule has 1 aromatic rings. The first-order valence-electron chi connectivity index (χ1n) is 14.1. The van der Waals surface area contributed by atoms with Crippen LogP contribution >= 0.6 is 0 Å². The standard InChI is InChI=1S/C30H46N2O7/c1-9-23-25(11-10-24(27(33)36-7)26(23)28(34)37-8)38-22-16-21(17-22)32(19(2)3)18-20-12-14-31(15-13-20)29(35)39-30(4,5)6/h10-11,19-22H,9,12-18H2,1-8H3. The van der Waals surface area contributed by atoms with Gasteiger partial charge in [-0.25, -0.2) is 14.4 Å².